The lowest BCUT2D eigenvalue weighted by Gasteiger charge is -2.08. The van der Waals surface area contributed by atoms with Gasteiger partial charge in [0.15, 0.2) is 11.5 Å². The molecule has 0 atom stereocenters. The molecule has 21 heavy (non-hydrogen) atoms. The summed E-state index contributed by atoms with van der Waals surface area (Å²) in [6.45, 7) is 0.460. The Bertz CT molecular complexity index is 632. The van der Waals surface area contributed by atoms with Gasteiger partial charge in [-0.05, 0) is 29.3 Å². The normalized spacial score (nSPS) is 10.7. The first-order valence-electron chi connectivity index (χ1n) is 6.56. The van der Waals surface area contributed by atoms with Crippen LogP contribution in [-0.4, -0.2) is 22.8 Å². The average Bonchev–Trinajstić information content (AvgIpc) is 2.48. The van der Waals surface area contributed by atoms with E-state index in [0.717, 1.165) is 18.1 Å². The number of phenolic OH excluding ortho intramolecular Hbond substituents is 1. The number of rotatable bonds is 6. The zero-order valence-corrected chi connectivity index (χ0v) is 11.4. The van der Waals surface area contributed by atoms with E-state index in [1.165, 1.54) is 12.1 Å². The van der Waals surface area contributed by atoms with Crippen molar-refractivity contribution in [3.63, 3.8) is 0 Å². The van der Waals surface area contributed by atoms with Gasteiger partial charge < -0.3 is 14.9 Å². The van der Waals surface area contributed by atoms with E-state index in [2.05, 4.69) is 0 Å². The molecular formula is C17H16O4. The molecule has 0 amide bonds. The lowest BCUT2D eigenvalue weighted by molar-refractivity contribution is -0.131. The fraction of sp³-hybridized carbons (Fsp3) is 0.118. The fourth-order valence-electron chi connectivity index (χ4n) is 1.85. The Morgan fingerprint density at radius 1 is 1.14 bits per heavy atom. The van der Waals surface area contributed by atoms with Gasteiger partial charge in [-0.2, -0.15) is 0 Å². The number of aliphatic carboxylic acids is 1. The van der Waals surface area contributed by atoms with Crippen LogP contribution in [0.5, 0.6) is 11.5 Å². The maximum Gasteiger partial charge on any atom is 0.328 e. The molecular weight excluding hydrogens is 268 g/mol. The van der Waals surface area contributed by atoms with E-state index in [-0.39, 0.29) is 5.75 Å². The molecule has 0 heterocycles. The van der Waals surface area contributed by atoms with Crippen LogP contribution in [0.15, 0.2) is 54.6 Å². The van der Waals surface area contributed by atoms with Crippen molar-refractivity contribution < 1.29 is 19.7 Å². The first kappa shape index (κ1) is 14.7. The minimum absolute atomic E-state index is 0.00407. The van der Waals surface area contributed by atoms with Crippen LogP contribution in [0.1, 0.15) is 11.1 Å². The summed E-state index contributed by atoms with van der Waals surface area (Å²) in [6.07, 6.45) is 3.18. The summed E-state index contributed by atoms with van der Waals surface area (Å²) in [4.78, 5) is 10.4. The standard InChI is InChI=1S/C17H16O4/c18-15-12-14(7-9-17(19)20)6-8-16(15)21-11-10-13-4-2-1-3-5-13/h1-9,12,18H,10-11H2,(H,19,20)/b9-7+. The van der Waals surface area contributed by atoms with Gasteiger partial charge in [-0.3, -0.25) is 0 Å². The number of carboxylic acid groups (broad SMARTS) is 1. The Kier molecular flexibility index (Phi) is 4.99. The second-order valence-electron chi connectivity index (χ2n) is 4.48. The molecule has 0 spiro atoms. The maximum atomic E-state index is 10.4. The van der Waals surface area contributed by atoms with E-state index < -0.39 is 5.97 Å². The second-order valence-corrected chi connectivity index (χ2v) is 4.48. The minimum atomic E-state index is -1.03. The Morgan fingerprint density at radius 3 is 2.57 bits per heavy atom. The average molecular weight is 284 g/mol. The number of phenols is 1. The van der Waals surface area contributed by atoms with Gasteiger partial charge in [0.1, 0.15) is 0 Å². The number of aromatic hydroxyl groups is 1. The third-order valence-corrected chi connectivity index (χ3v) is 2.89. The monoisotopic (exact) mass is 284 g/mol. The molecule has 0 saturated carbocycles. The Morgan fingerprint density at radius 2 is 1.90 bits per heavy atom. The Balaban J connectivity index is 1.93. The molecule has 0 saturated heterocycles. The van der Waals surface area contributed by atoms with Crippen LogP contribution in [0, 0.1) is 0 Å². The predicted molar refractivity (Wildman–Crippen MR) is 80.4 cm³/mol. The molecule has 2 aromatic rings. The predicted octanol–water partition coefficient (Wildman–Crippen LogP) is 3.11. The number of benzene rings is 2. The van der Waals surface area contributed by atoms with Gasteiger partial charge in [0.2, 0.25) is 0 Å². The molecule has 2 rings (SSSR count). The first-order valence-corrected chi connectivity index (χ1v) is 6.56. The number of ether oxygens (including phenoxy) is 1. The highest BCUT2D eigenvalue weighted by atomic mass is 16.5. The van der Waals surface area contributed by atoms with Crippen LogP contribution >= 0.6 is 0 Å². The third-order valence-electron chi connectivity index (χ3n) is 2.89. The van der Waals surface area contributed by atoms with Crippen molar-refractivity contribution in [2.24, 2.45) is 0 Å². The van der Waals surface area contributed by atoms with Crippen molar-refractivity contribution >= 4 is 12.0 Å². The second kappa shape index (κ2) is 7.14. The molecule has 0 aromatic heterocycles. The van der Waals surface area contributed by atoms with Crippen LogP contribution in [-0.2, 0) is 11.2 Å². The minimum Gasteiger partial charge on any atom is -0.504 e. The summed E-state index contributed by atoms with van der Waals surface area (Å²) < 4.78 is 5.53. The van der Waals surface area contributed by atoms with Crippen molar-refractivity contribution in [1.29, 1.82) is 0 Å². The Labute approximate surface area is 122 Å². The van der Waals surface area contributed by atoms with Crippen LogP contribution in [0.4, 0.5) is 0 Å². The molecule has 4 heteroatoms. The Hall–Kier alpha value is -2.75. The van der Waals surface area contributed by atoms with Gasteiger partial charge in [-0.15, -0.1) is 0 Å². The molecule has 0 fully saturated rings. The molecule has 0 aliphatic rings. The number of carbonyl (C=O) groups is 1. The summed E-state index contributed by atoms with van der Waals surface area (Å²) in [5.74, 6) is -0.647. The summed E-state index contributed by atoms with van der Waals surface area (Å²) in [6, 6.07) is 14.7. The fourth-order valence-corrected chi connectivity index (χ4v) is 1.85. The van der Waals surface area contributed by atoms with E-state index >= 15 is 0 Å². The number of hydrogen-bond donors (Lipinski definition) is 2. The van der Waals surface area contributed by atoms with Gasteiger partial charge in [-0.25, -0.2) is 4.79 Å². The molecule has 2 N–H and O–H groups in total. The topological polar surface area (TPSA) is 66.8 Å². The molecule has 4 nitrogen and oxygen atoms in total. The van der Waals surface area contributed by atoms with Crippen molar-refractivity contribution in [3.05, 3.63) is 65.7 Å². The van der Waals surface area contributed by atoms with Gasteiger partial charge in [0.25, 0.3) is 0 Å². The van der Waals surface area contributed by atoms with Crippen LogP contribution in [0.2, 0.25) is 0 Å². The van der Waals surface area contributed by atoms with Gasteiger partial charge in [0, 0.05) is 12.5 Å². The summed E-state index contributed by atoms with van der Waals surface area (Å²) in [7, 11) is 0. The number of carboxylic acids is 1. The smallest absolute Gasteiger partial charge is 0.328 e. The molecule has 0 radical (unpaired) electrons. The van der Waals surface area contributed by atoms with Gasteiger partial charge in [-0.1, -0.05) is 36.4 Å². The number of hydrogen-bond acceptors (Lipinski definition) is 3. The molecule has 0 aliphatic carbocycles. The van der Waals surface area contributed by atoms with E-state index in [9.17, 15) is 9.90 Å². The van der Waals surface area contributed by atoms with E-state index in [1.807, 2.05) is 30.3 Å². The zero-order valence-electron chi connectivity index (χ0n) is 11.4. The lowest BCUT2D eigenvalue weighted by Crippen LogP contribution is -2.01. The lowest BCUT2D eigenvalue weighted by atomic mass is 10.1. The zero-order chi connectivity index (χ0) is 15.1. The van der Waals surface area contributed by atoms with Crippen molar-refractivity contribution in [3.8, 4) is 11.5 Å². The van der Waals surface area contributed by atoms with E-state index in [0.29, 0.717) is 17.9 Å². The van der Waals surface area contributed by atoms with Crippen LogP contribution < -0.4 is 4.74 Å². The van der Waals surface area contributed by atoms with Crippen molar-refractivity contribution in [2.75, 3.05) is 6.61 Å². The van der Waals surface area contributed by atoms with E-state index in [1.54, 1.807) is 12.1 Å². The molecule has 108 valence electrons. The highest BCUT2D eigenvalue weighted by Crippen LogP contribution is 2.27. The molecule has 0 bridgehead atoms. The van der Waals surface area contributed by atoms with E-state index in [4.69, 9.17) is 9.84 Å². The first-order chi connectivity index (χ1) is 10.1. The SMILES string of the molecule is O=C(O)/C=C/c1ccc(OCCc2ccccc2)c(O)c1. The summed E-state index contributed by atoms with van der Waals surface area (Å²) in [5, 5.41) is 18.4. The molecule has 2 aromatic carbocycles. The van der Waals surface area contributed by atoms with Gasteiger partial charge >= 0.3 is 5.97 Å². The highest BCUT2D eigenvalue weighted by molar-refractivity contribution is 5.85. The maximum absolute atomic E-state index is 10.4. The van der Waals surface area contributed by atoms with Crippen molar-refractivity contribution in [2.45, 2.75) is 6.42 Å². The summed E-state index contributed by atoms with van der Waals surface area (Å²) >= 11 is 0. The third kappa shape index (κ3) is 4.69. The van der Waals surface area contributed by atoms with Gasteiger partial charge in [0.05, 0.1) is 6.61 Å². The molecule has 0 aliphatic heterocycles. The van der Waals surface area contributed by atoms with Crippen LogP contribution in [0.25, 0.3) is 6.08 Å². The molecule has 0 unspecified atom stereocenters. The summed E-state index contributed by atoms with van der Waals surface area (Å²) in [5.41, 5.74) is 1.77. The van der Waals surface area contributed by atoms with Crippen LogP contribution in [0.3, 0.4) is 0 Å². The van der Waals surface area contributed by atoms with Crippen molar-refractivity contribution in [1.82, 2.24) is 0 Å². The quantitative estimate of drug-likeness (QED) is 0.800. The largest absolute Gasteiger partial charge is 0.504 e. The highest BCUT2D eigenvalue weighted by Gasteiger charge is 2.03.